The number of thiophene rings is 1. The first-order valence-corrected chi connectivity index (χ1v) is 15.7. The Labute approximate surface area is 254 Å². The number of nitrogens with zero attached hydrogens (tertiary/aromatic N) is 5. The van der Waals surface area contributed by atoms with Gasteiger partial charge in [-0.15, -0.1) is 16.4 Å². The summed E-state index contributed by atoms with van der Waals surface area (Å²) < 4.78 is 15.0. The number of pyridine rings is 1. The van der Waals surface area contributed by atoms with Gasteiger partial charge in [-0.3, -0.25) is 9.69 Å². The molecule has 1 aliphatic heterocycles. The highest BCUT2D eigenvalue weighted by atomic mass is 32.1. The van der Waals surface area contributed by atoms with Crippen LogP contribution >= 0.6 is 11.3 Å². The normalized spacial score (nSPS) is 18.4. The molecule has 9 nitrogen and oxygen atoms in total. The average molecular weight is 598 g/mol. The van der Waals surface area contributed by atoms with E-state index in [1.807, 2.05) is 26.1 Å². The number of rotatable bonds is 7. The summed E-state index contributed by atoms with van der Waals surface area (Å²) in [6.07, 6.45) is 2.21. The Morgan fingerprint density at radius 1 is 1.23 bits per heavy atom. The second-order valence-electron chi connectivity index (χ2n) is 11.8. The Morgan fingerprint density at radius 3 is 2.86 bits per heavy atom. The second-order valence-corrected chi connectivity index (χ2v) is 12.7. The van der Waals surface area contributed by atoms with Gasteiger partial charge >= 0.3 is 5.97 Å². The van der Waals surface area contributed by atoms with Crippen LogP contribution in [0.2, 0.25) is 0 Å². The van der Waals surface area contributed by atoms with Gasteiger partial charge in [0, 0.05) is 42.9 Å². The number of carbonyl (C=O) groups is 1. The summed E-state index contributed by atoms with van der Waals surface area (Å²) in [7, 11) is 1.89. The van der Waals surface area contributed by atoms with E-state index >= 15 is 0 Å². The van der Waals surface area contributed by atoms with Crippen molar-refractivity contribution in [2.24, 2.45) is 7.05 Å². The van der Waals surface area contributed by atoms with E-state index in [2.05, 4.69) is 63.7 Å². The first kappa shape index (κ1) is 27.8. The van der Waals surface area contributed by atoms with E-state index < -0.39 is 0 Å². The third kappa shape index (κ3) is 4.92. The smallest absolute Gasteiger partial charge is 0.306 e. The molecule has 2 aromatic carbocycles. The number of fused-ring (bicyclic) bond motifs is 3. The number of aryl methyl sites for hydroxylation is 2. The highest BCUT2D eigenvalue weighted by Crippen LogP contribution is 2.49. The standard InChI is InChI=1S/C33H35N5O4S/c1-5-41-30(40)16-25(24-6-7-27-31(19(24)2)35-36-37(27)4)22-14-21-10-13-43-32(21)23(15-22)17-38-18-26-28(8-9-29(39)34-26)42-33(11-12-33)20(38)3/h6-10,13-15,20,25H,5,11-12,16-18H2,1-4H3,(H,34,39)/t20-,25?/m1/s1. The molecule has 1 aliphatic carbocycles. The van der Waals surface area contributed by atoms with Crippen molar-refractivity contribution in [2.75, 3.05) is 6.61 Å². The molecular weight excluding hydrogens is 562 g/mol. The molecule has 43 heavy (non-hydrogen) atoms. The lowest BCUT2D eigenvalue weighted by atomic mass is 9.84. The van der Waals surface area contributed by atoms with Crippen LogP contribution in [0.5, 0.6) is 11.6 Å². The minimum absolute atomic E-state index is 0.00148. The topological polar surface area (TPSA) is 103 Å². The molecule has 222 valence electrons. The van der Waals surface area contributed by atoms with Crippen molar-refractivity contribution in [1.29, 1.82) is 0 Å². The van der Waals surface area contributed by atoms with Crippen LogP contribution in [0.1, 0.15) is 67.0 Å². The summed E-state index contributed by atoms with van der Waals surface area (Å²) in [5.41, 5.74) is 6.63. The number of aromatic hydroxyl groups is 1. The molecule has 1 spiro atoms. The van der Waals surface area contributed by atoms with Gasteiger partial charge in [0.05, 0.1) is 18.5 Å². The Kier molecular flexibility index (Phi) is 6.85. The first-order valence-electron chi connectivity index (χ1n) is 14.8. The predicted molar refractivity (Wildman–Crippen MR) is 165 cm³/mol. The van der Waals surface area contributed by atoms with Crippen LogP contribution in [-0.4, -0.2) is 54.2 Å². The molecule has 1 unspecified atom stereocenters. The molecule has 4 heterocycles. The van der Waals surface area contributed by atoms with Crippen molar-refractivity contribution in [3.05, 3.63) is 75.8 Å². The largest absolute Gasteiger partial charge is 0.493 e. The Hall–Kier alpha value is -4.02. The molecule has 0 radical (unpaired) electrons. The number of hydrogen-bond acceptors (Lipinski definition) is 9. The summed E-state index contributed by atoms with van der Waals surface area (Å²) in [6, 6.07) is 14.3. The third-order valence-electron chi connectivity index (χ3n) is 9.19. The highest BCUT2D eigenvalue weighted by molar-refractivity contribution is 7.17. The number of benzene rings is 2. The van der Waals surface area contributed by atoms with Crippen molar-refractivity contribution in [1.82, 2.24) is 24.9 Å². The van der Waals surface area contributed by atoms with Gasteiger partial charge in [-0.1, -0.05) is 17.3 Å². The molecule has 1 saturated carbocycles. The van der Waals surface area contributed by atoms with Gasteiger partial charge in [0.2, 0.25) is 5.88 Å². The van der Waals surface area contributed by atoms with Gasteiger partial charge in [-0.25, -0.2) is 9.67 Å². The maximum atomic E-state index is 13.0. The van der Waals surface area contributed by atoms with Crippen molar-refractivity contribution >= 4 is 38.4 Å². The van der Waals surface area contributed by atoms with Crippen LogP contribution in [0.15, 0.2) is 47.8 Å². The molecule has 0 bridgehead atoms. The van der Waals surface area contributed by atoms with E-state index in [1.54, 1.807) is 22.1 Å². The fraction of sp³-hybridized carbons (Fsp3) is 0.394. The molecule has 1 fully saturated rings. The van der Waals surface area contributed by atoms with Crippen LogP contribution in [0.4, 0.5) is 0 Å². The van der Waals surface area contributed by atoms with E-state index in [-0.39, 0.29) is 35.8 Å². The molecule has 0 amide bonds. The number of esters is 1. The maximum Gasteiger partial charge on any atom is 0.306 e. The summed E-state index contributed by atoms with van der Waals surface area (Å²) in [6.45, 7) is 7.72. The van der Waals surface area contributed by atoms with Crippen LogP contribution in [0.25, 0.3) is 21.1 Å². The van der Waals surface area contributed by atoms with Gasteiger partial charge in [0.1, 0.15) is 22.6 Å². The molecule has 5 aromatic rings. The Bertz CT molecular complexity index is 1860. The van der Waals surface area contributed by atoms with Crippen molar-refractivity contribution in [3.8, 4) is 11.6 Å². The van der Waals surface area contributed by atoms with Crippen molar-refractivity contribution in [2.45, 2.75) is 70.7 Å². The lowest BCUT2D eigenvalue weighted by molar-refractivity contribution is -0.143. The van der Waals surface area contributed by atoms with Crippen LogP contribution in [0, 0.1) is 6.92 Å². The molecule has 7 rings (SSSR count). The Morgan fingerprint density at radius 2 is 2.07 bits per heavy atom. The monoisotopic (exact) mass is 597 g/mol. The SMILES string of the molecule is CCOC(=O)CC(c1cc(CN2Cc3nc(O)ccc3OC3(CC3)[C@H]2C)c2sccc2c1)c1ccc2c(nnn2C)c1C. The van der Waals surface area contributed by atoms with Crippen molar-refractivity contribution in [3.63, 3.8) is 0 Å². The fourth-order valence-electron chi connectivity index (χ4n) is 6.62. The zero-order chi connectivity index (χ0) is 29.9. The highest BCUT2D eigenvalue weighted by Gasteiger charge is 2.54. The second kappa shape index (κ2) is 10.6. The molecule has 2 atom stereocenters. The minimum atomic E-state index is -0.244. The van der Waals surface area contributed by atoms with E-state index in [0.29, 0.717) is 19.7 Å². The van der Waals surface area contributed by atoms with Crippen molar-refractivity contribution < 1.29 is 19.4 Å². The number of hydrogen-bond donors (Lipinski definition) is 1. The predicted octanol–water partition coefficient (Wildman–Crippen LogP) is 5.99. The first-order chi connectivity index (χ1) is 20.8. The van der Waals surface area contributed by atoms with Gasteiger partial charge in [-0.2, -0.15) is 0 Å². The zero-order valence-electron chi connectivity index (χ0n) is 24.8. The quantitative estimate of drug-likeness (QED) is 0.228. The molecule has 1 N–H and O–H groups in total. The summed E-state index contributed by atoms with van der Waals surface area (Å²) in [5, 5.41) is 22.1. The number of ether oxygens (including phenoxy) is 2. The van der Waals surface area contributed by atoms with Gasteiger partial charge < -0.3 is 14.6 Å². The number of aromatic nitrogens is 4. The van der Waals surface area contributed by atoms with E-state index in [1.165, 1.54) is 10.3 Å². The molecule has 10 heteroatoms. The number of carbonyl (C=O) groups excluding carboxylic acids is 1. The summed E-state index contributed by atoms with van der Waals surface area (Å²) >= 11 is 1.73. The summed E-state index contributed by atoms with van der Waals surface area (Å²) in [4.78, 5) is 19.9. The van der Waals surface area contributed by atoms with E-state index in [4.69, 9.17) is 9.47 Å². The van der Waals surface area contributed by atoms with Gasteiger partial charge in [0.25, 0.3) is 0 Å². The van der Waals surface area contributed by atoms with Crippen LogP contribution in [0.3, 0.4) is 0 Å². The third-order valence-corrected chi connectivity index (χ3v) is 10.2. The average Bonchev–Trinajstić information content (AvgIpc) is 3.46. The van der Waals surface area contributed by atoms with Gasteiger partial charge in [-0.05, 0) is 90.9 Å². The molecule has 2 aliphatic rings. The van der Waals surface area contributed by atoms with E-state index in [9.17, 15) is 9.90 Å². The van der Waals surface area contributed by atoms with Crippen LogP contribution < -0.4 is 4.74 Å². The molecule has 0 saturated heterocycles. The zero-order valence-corrected chi connectivity index (χ0v) is 25.6. The van der Waals surface area contributed by atoms with E-state index in [0.717, 1.165) is 57.4 Å². The maximum absolute atomic E-state index is 13.0. The van der Waals surface area contributed by atoms with Crippen LogP contribution in [-0.2, 0) is 29.7 Å². The van der Waals surface area contributed by atoms with Gasteiger partial charge in [0.15, 0.2) is 0 Å². The lowest BCUT2D eigenvalue weighted by Crippen LogP contribution is -2.43. The Balaban J connectivity index is 1.32. The fourth-order valence-corrected chi connectivity index (χ4v) is 7.51. The lowest BCUT2D eigenvalue weighted by Gasteiger charge is -2.32. The summed E-state index contributed by atoms with van der Waals surface area (Å²) in [5.74, 6) is 0.313. The molecule has 3 aromatic heterocycles. The molecular formula is C33H35N5O4S. The minimum Gasteiger partial charge on any atom is -0.493 e.